The molecule has 0 aliphatic heterocycles. The summed E-state index contributed by atoms with van der Waals surface area (Å²) in [5.41, 5.74) is 2.75. The van der Waals surface area contributed by atoms with Gasteiger partial charge in [0.2, 0.25) is 5.91 Å². The SMILES string of the molecule is Cc1cccc(CC(CNC(=O)Cc2ccccc2Cl)C(=O)O)c1. The maximum absolute atomic E-state index is 12.0. The Morgan fingerprint density at radius 2 is 1.92 bits per heavy atom. The standard InChI is InChI=1S/C19H20ClNO3/c1-13-5-4-6-14(9-13)10-16(19(23)24)12-21-18(22)11-15-7-2-3-8-17(15)20/h2-9,16H,10-12H2,1H3,(H,21,22)(H,23,24). The van der Waals surface area contributed by atoms with Gasteiger partial charge in [-0.25, -0.2) is 0 Å². The van der Waals surface area contributed by atoms with Crippen molar-refractivity contribution in [3.05, 3.63) is 70.2 Å². The second-order valence-electron chi connectivity index (χ2n) is 5.80. The number of amides is 1. The van der Waals surface area contributed by atoms with Gasteiger partial charge in [0.15, 0.2) is 0 Å². The third-order valence-electron chi connectivity index (χ3n) is 3.77. The topological polar surface area (TPSA) is 66.4 Å². The highest BCUT2D eigenvalue weighted by Gasteiger charge is 2.19. The molecule has 1 unspecified atom stereocenters. The lowest BCUT2D eigenvalue weighted by Crippen LogP contribution is -2.35. The lowest BCUT2D eigenvalue weighted by Gasteiger charge is -2.14. The molecule has 126 valence electrons. The predicted octanol–water partition coefficient (Wildman–Crippen LogP) is 3.25. The molecule has 2 N–H and O–H groups in total. The molecule has 2 aromatic rings. The van der Waals surface area contributed by atoms with Crippen LogP contribution in [-0.4, -0.2) is 23.5 Å². The van der Waals surface area contributed by atoms with Crippen molar-refractivity contribution < 1.29 is 14.7 Å². The van der Waals surface area contributed by atoms with Gasteiger partial charge in [-0.1, -0.05) is 59.6 Å². The molecule has 0 aromatic heterocycles. The number of carbonyl (C=O) groups is 2. The number of aliphatic carboxylic acids is 1. The van der Waals surface area contributed by atoms with Crippen LogP contribution in [0.15, 0.2) is 48.5 Å². The Labute approximate surface area is 146 Å². The van der Waals surface area contributed by atoms with E-state index in [1.54, 1.807) is 18.2 Å². The maximum atomic E-state index is 12.0. The molecule has 4 nitrogen and oxygen atoms in total. The first-order chi connectivity index (χ1) is 11.5. The van der Waals surface area contributed by atoms with Crippen molar-refractivity contribution in [2.45, 2.75) is 19.8 Å². The zero-order chi connectivity index (χ0) is 17.5. The molecule has 1 amide bonds. The molecule has 0 radical (unpaired) electrons. The van der Waals surface area contributed by atoms with Gasteiger partial charge in [-0.15, -0.1) is 0 Å². The first-order valence-electron chi connectivity index (χ1n) is 7.74. The third-order valence-corrected chi connectivity index (χ3v) is 4.14. The summed E-state index contributed by atoms with van der Waals surface area (Å²) < 4.78 is 0. The van der Waals surface area contributed by atoms with E-state index in [4.69, 9.17) is 11.6 Å². The number of carboxylic acid groups (broad SMARTS) is 1. The van der Waals surface area contributed by atoms with E-state index in [0.717, 1.165) is 16.7 Å². The fourth-order valence-corrected chi connectivity index (χ4v) is 2.69. The highest BCUT2D eigenvalue weighted by atomic mass is 35.5. The lowest BCUT2D eigenvalue weighted by atomic mass is 9.98. The summed E-state index contributed by atoms with van der Waals surface area (Å²) in [7, 11) is 0. The molecule has 5 heteroatoms. The minimum atomic E-state index is -0.922. The van der Waals surface area contributed by atoms with E-state index in [2.05, 4.69) is 5.32 Å². The smallest absolute Gasteiger partial charge is 0.308 e. The summed E-state index contributed by atoms with van der Waals surface area (Å²) >= 11 is 6.03. The van der Waals surface area contributed by atoms with Crippen molar-refractivity contribution >= 4 is 23.5 Å². The van der Waals surface area contributed by atoms with Crippen LogP contribution in [0.2, 0.25) is 5.02 Å². The molecule has 0 bridgehead atoms. The third kappa shape index (κ3) is 5.39. The normalized spacial score (nSPS) is 11.8. The van der Waals surface area contributed by atoms with Crippen molar-refractivity contribution in [2.24, 2.45) is 5.92 Å². The van der Waals surface area contributed by atoms with Gasteiger partial charge in [-0.2, -0.15) is 0 Å². The Balaban J connectivity index is 1.92. The summed E-state index contributed by atoms with van der Waals surface area (Å²) in [6, 6.07) is 14.8. The van der Waals surface area contributed by atoms with E-state index in [1.165, 1.54) is 0 Å². The highest BCUT2D eigenvalue weighted by molar-refractivity contribution is 6.31. The van der Waals surface area contributed by atoms with Crippen LogP contribution in [0, 0.1) is 12.8 Å². The molecule has 0 heterocycles. The van der Waals surface area contributed by atoms with Gasteiger partial charge in [0.25, 0.3) is 0 Å². The highest BCUT2D eigenvalue weighted by Crippen LogP contribution is 2.15. The summed E-state index contributed by atoms with van der Waals surface area (Å²) in [4.78, 5) is 23.5. The molecule has 0 saturated carbocycles. The van der Waals surface area contributed by atoms with E-state index >= 15 is 0 Å². The summed E-state index contributed by atoms with van der Waals surface area (Å²) in [6.45, 7) is 2.05. The second-order valence-corrected chi connectivity index (χ2v) is 6.21. The van der Waals surface area contributed by atoms with Crippen LogP contribution < -0.4 is 5.32 Å². The van der Waals surface area contributed by atoms with Crippen molar-refractivity contribution in [3.63, 3.8) is 0 Å². The lowest BCUT2D eigenvalue weighted by molar-refractivity contribution is -0.141. The first-order valence-corrected chi connectivity index (χ1v) is 8.12. The number of hydrogen-bond donors (Lipinski definition) is 2. The average molecular weight is 346 g/mol. The second kappa shape index (κ2) is 8.50. The van der Waals surface area contributed by atoms with Gasteiger partial charge >= 0.3 is 5.97 Å². The van der Waals surface area contributed by atoms with Crippen LogP contribution >= 0.6 is 11.6 Å². The maximum Gasteiger partial charge on any atom is 0.308 e. The summed E-state index contributed by atoms with van der Waals surface area (Å²) in [6.07, 6.45) is 0.514. The fourth-order valence-electron chi connectivity index (χ4n) is 2.48. The van der Waals surface area contributed by atoms with E-state index in [-0.39, 0.29) is 18.9 Å². The number of rotatable bonds is 7. The van der Waals surface area contributed by atoms with E-state index in [1.807, 2.05) is 37.3 Å². The Morgan fingerprint density at radius 3 is 2.58 bits per heavy atom. The Morgan fingerprint density at radius 1 is 1.17 bits per heavy atom. The van der Waals surface area contributed by atoms with Crippen molar-refractivity contribution in [3.8, 4) is 0 Å². The zero-order valence-corrected chi connectivity index (χ0v) is 14.2. The van der Waals surface area contributed by atoms with Crippen LogP contribution in [0.3, 0.4) is 0 Å². The van der Waals surface area contributed by atoms with Crippen LogP contribution in [-0.2, 0) is 22.4 Å². The molecule has 0 aliphatic rings. The number of benzene rings is 2. The summed E-state index contributed by atoms with van der Waals surface area (Å²) in [5.74, 6) is -1.82. The predicted molar refractivity (Wildman–Crippen MR) is 94.2 cm³/mol. The van der Waals surface area contributed by atoms with Gasteiger partial charge in [0, 0.05) is 11.6 Å². The van der Waals surface area contributed by atoms with E-state index in [9.17, 15) is 14.7 Å². The van der Waals surface area contributed by atoms with Crippen LogP contribution in [0.5, 0.6) is 0 Å². The van der Waals surface area contributed by atoms with E-state index < -0.39 is 11.9 Å². The number of halogens is 1. The van der Waals surface area contributed by atoms with Gasteiger partial charge < -0.3 is 10.4 Å². The fraction of sp³-hybridized carbons (Fsp3) is 0.263. The summed E-state index contributed by atoms with van der Waals surface area (Å²) in [5, 5.41) is 12.6. The van der Waals surface area contributed by atoms with Crippen molar-refractivity contribution in [1.29, 1.82) is 0 Å². The molecule has 0 spiro atoms. The molecule has 0 saturated heterocycles. The molecular weight excluding hydrogens is 326 g/mol. The average Bonchev–Trinajstić information content (AvgIpc) is 2.53. The Kier molecular flexibility index (Phi) is 6.38. The molecular formula is C19H20ClNO3. The molecule has 24 heavy (non-hydrogen) atoms. The molecule has 2 aromatic carbocycles. The number of aryl methyl sites for hydroxylation is 1. The Bertz CT molecular complexity index is 730. The van der Waals surface area contributed by atoms with Gasteiger partial charge in [-0.3, -0.25) is 9.59 Å². The quantitative estimate of drug-likeness (QED) is 0.809. The molecule has 2 rings (SSSR count). The van der Waals surface area contributed by atoms with Crippen molar-refractivity contribution in [2.75, 3.05) is 6.54 Å². The minimum absolute atomic E-state index is 0.0898. The van der Waals surface area contributed by atoms with Gasteiger partial charge in [-0.05, 0) is 30.5 Å². The zero-order valence-electron chi connectivity index (χ0n) is 13.5. The van der Waals surface area contributed by atoms with Crippen molar-refractivity contribution in [1.82, 2.24) is 5.32 Å². The van der Waals surface area contributed by atoms with Gasteiger partial charge in [0.1, 0.15) is 0 Å². The largest absolute Gasteiger partial charge is 0.481 e. The van der Waals surface area contributed by atoms with Gasteiger partial charge in [0.05, 0.1) is 12.3 Å². The van der Waals surface area contributed by atoms with E-state index in [0.29, 0.717) is 11.4 Å². The Hall–Kier alpha value is -2.33. The number of hydrogen-bond acceptors (Lipinski definition) is 2. The molecule has 1 atom stereocenters. The molecule has 0 aliphatic carbocycles. The minimum Gasteiger partial charge on any atom is -0.481 e. The van der Waals surface area contributed by atoms with Crippen LogP contribution in [0.25, 0.3) is 0 Å². The van der Waals surface area contributed by atoms with Crippen LogP contribution in [0.4, 0.5) is 0 Å². The number of carbonyl (C=O) groups excluding carboxylic acids is 1. The number of carboxylic acids is 1. The van der Waals surface area contributed by atoms with Crippen LogP contribution in [0.1, 0.15) is 16.7 Å². The first kappa shape index (κ1) is 18.0. The molecule has 0 fully saturated rings. The monoisotopic (exact) mass is 345 g/mol. The number of nitrogens with one attached hydrogen (secondary N) is 1.